The van der Waals surface area contributed by atoms with Crippen LogP contribution in [0.1, 0.15) is 38.5 Å². The fourth-order valence-corrected chi connectivity index (χ4v) is 2.58. The highest BCUT2D eigenvalue weighted by Gasteiger charge is 2.41. The molecule has 1 heterocycles. The van der Waals surface area contributed by atoms with Crippen LogP contribution in [0.15, 0.2) is 0 Å². The molecule has 1 atom stereocenters. The molecule has 0 aromatic carbocycles. The summed E-state index contributed by atoms with van der Waals surface area (Å²) in [6, 6.07) is 0.107. The van der Waals surface area contributed by atoms with Crippen LogP contribution in [-0.2, 0) is 9.59 Å². The third-order valence-corrected chi connectivity index (χ3v) is 3.44. The molecule has 0 bridgehead atoms. The summed E-state index contributed by atoms with van der Waals surface area (Å²) in [4.78, 5) is 24.9. The third-order valence-electron chi connectivity index (χ3n) is 3.44. The average Bonchev–Trinajstić information content (AvgIpc) is 2.55. The highest BCUT2D eigenvalue weighted by atomic mass is 16.3. The average molecular weight is 211 g/mol. The van der Waals surface area contributed by atoms with E-state index in [0.717, 1.165) is 25.7 Å². The topological polar surface area (TPSA) is 57.6 Å². The largest absolute Gasteiger partial charge is 0.396 e. The zero-order valence-electron chi connectivity index (χ0n) is 8.82. The first-order valence-corrected chi connectivity index (χ1v) is 5.71. The van der Waals surface area contributed by atoms with Crippen LogP contribution >= 0.6 is 0 Å². The van der Waals surface area contributed by atoms with Gasteiger partial charge in [0.15, 0.2) is 0 Å². The molecule has 1 N–H and O–H groups in total. The Hall–Kier alpha value is -0.900. The van der Waals surface area contributed by atoms with E-state index in [0.29, 0.717) is 0 Å². The van der Waals surface area contributed by atoms with E-state index in [1.54, 1.807) is 0 Å². The van der Waals surface area contributed by atoms with Crippen molar-refractivity contribution < 1.29 is 14.7 Å². The minimum atomic E-state index is -0.473. The highest BCUT2D eigenvalue weighted by Crippen LogP contribution is 2.29. The fraction of sp³-hybridized carbons (Fsp3) is 0.818. The number of carbonyl (C=O) groups excluding carboxylic acids is 2. The Morgan fingerprint density at radius 1 is 1.20 bits per heavy atom. The van der Waals surface area contributed by atoms with E-state index in [4.69, 9.17) is 5.11 Å². The lowest BCUT2D eigenvalue weighted by Crippen LogP contribution is -2.41. The van der Waals surface area contributed by atoms with E-state index in [1.807, 2.05) is 0 Å². The molecule has 1 saturated heterocycles. The second kappa shape index (κ2) is 4.31. The number of hydrogen-bond acceptors (Lipinski definition) is 3. The zero-order chi connectivity index (χ0) is 10.8. The van der Waals surface area contributed by atoms with Crippen molar-refractivity contribution in [2.24, 2.45) is 5.92 Å². The standard InChI is InChI=1S/C11H17NO3/c13-7-8-6-10(14)12(11(8)15)9-4-2-1-3-5-9/h8-9,13H,1-7H2. The summed E-state index contributed by atoms with van der Waals surface area (Å²) in [6.45, 7) is -0.201. The molecule has 0 aromatic rings. The van der Waals surface area contributed by atoms with Crippen LogP contribution < -0.4 is 0 Å². The van der Waals surface area contributed by atoms with E-state index in [9.17, 15) is 9.59 Å². The summed E-state index contributed by atoms with van der Waals surface area (Å²) in [5.74, 6) is -0.722. The van der Waals surface area contributed by atoms with E-state index in [2.05, 4.69) is 0 Å². The Balaban J connectivity index is 2.07. The molecule has 1 saturated carbocycles. The summed E-state index contributed by atoms with van der Waals surface area (Å²) in [5, 5.41) is 8.97. The monoisotopic (exact) mass is 211 g/mol. The number of nitrogens with zero attached hydrogens (tertiary/aromatic N) is 1. The number of imide groups is 1. The van der Waals surface area contributed by atoms with Gasteiger partial charge < -0.3 is 5.11 Å². The van der Waals surface area contributed by atoms with Gasteiger partial charge in [-0.3, -0.25) is 14.5 Å². The molecule has 2 fully saturated rings. The number of hydrogen-bond donors (Lipinski definition) is 1. The molecule has 0 spiro atoms. The molecular weight excluding hydrogens is 194 g/mol. The molecule has 0 radical (unpaired) electrons. The molecule has 1 unspecified atom stereocenters. The first-order valence-electron chi connectivity index (χ1n) is 5.71. The predicted octanol–water partition coefficient (Wildman–Crippen LogP) is 0.686. The van der Waals surface area contributed by atoms with Gasteiger partial charge in [-0.15, -0.1) is 0 Å². The summed E-state index contributed by atoms with van der Waals surface area (Å²) >= 11 is 0. The van der Waals surface area contributed by atoms with E-state index in [-0.39, 0.29) is 30.9 Å². The Labute approximate surface area is 89.3 Å². The first-order chi connectivity index (χ1) is 7.24. The minimum absolute atomic E-state index is 0.0917. The number of likely N-dealkylation sites (tertiary alicyclic amines) is 1. The van der Waals surface area contributed by atoms with E-state index < -0.39 is 5.92 Å². The van der Waals surface area contributed by atoms with E-state index >= 15 is 0 Å². The lowest BCUT2D eigenvalue weighted by atomic mass is 9.94. The Bertz CT molecular complexity index is 271. The van der Waals surface area contributed by atoms with Gasteiger partial charge in [0.25, 0.3) is 0 Å². The number of rotatable bonds is 2. The van der Waals surface area contributed by atoms with Crippen molar-refractivity contribution in [3.05, 3.63) is 0 Å². The molecule has 15 heavy (non-hydrogen) atoms. The molecule has 1 aliphatic carbocycles. The lowest BCUT2D eigenvalue weighted by molar-refractivity contribution is -0.143. The summed E-state index contributed by atoms with van der Waals surface area (Å²) in [5.41, 5.74) is 0. The number of aliphatic hydroxyl groups is 1. The van der Waals surface area contributed by atoms with Crippen molar-refractivity contribution >= 4 is 11.8 Å². The van der Waals surface area contributed by atoms with E-state index in [1.165, 1.54) is 11.3 Å². The van der Waals surface area contributed by atoms with Crippen molar-refractivity contribution in [2.75, 3.05) is 6.61 Å². The van der Waals surface area contributed by atoms with Crippen molar-refractivity contribution in [3.63, 3.8) is 0 Å². The van der Waals surface area contributed by atoms with Gasteiger partial charge in [0.1, 0.15) is 0 Å². The molecule has 4 nitrogen and oxygen atoms in total. The maximum Gasteiger partial charge on any atom is 0.235 e. The molecule has 2 aliphatic rings. The number of amides is 2. The zero-order valence-corrected chi connectivity index (χ0v) is 8.82. The maximum atomic E-state index is 11.8. The van der Waals surface area contributed by atoms with Crippen molar-refractivity contribution in [1.82, 2.24) is 4.90 Å². The van der Waals surface area contributed by atoms with Crippen LogP contribution in [0.25, 0.3) is 0 Å². The van der Waals surface area contributed by atoms with Crippen LogP contribution in [0.4, 0.5) is 0 Å². The fourth-order valence-electron chi connectivity index (χ4n) is 2.58. The smallest absolute Gasteiger partial charge is 0.235 e. The maximum absolute atomic E-state index is 11.8. The normalized spacial score (nSPS) is 28.9. The molecule has 84 valence electrons. The van der Waals surface area contributed by atoms with Crippen LogP contribution in [0.3, 0.4) is 0 Å². The Morgan fingerprint density at radius 3 is 2.40 bits per heavy atom. The van der Waals surface area contributed by atoms with Crippen LogP contribution in [0.5, 0.6) is 0 Å². The van der Waals surface area contributed by atoms with Crippen LogP contribution in [-0.4, -0.2) is 34.5 Å². The van der Waals surface area contributed by atoms with Gasteiger partial charge >= 0.3 is 0 Å². The predicted molar refractivity (Wildman–Crippen MR) is 53.9 cm³/mol. The lowest BCUT2D eigenvalue weighted by Gasteiger charge is -2.29. The Kier molecular flexibility index (Phi) is 3.05. The van der Waals surface area contributed by atoms with Gasteiger partial charge in [-0.25, -0.2) is 0 Å². The van der Waals surface area contributed by atoms with Crippen LogP contribution in [0.2, 0.25) is 0 Å². The summed E-state index contributed by atoms with van der Waals surface area (Å²) in [6.07, 6.45) is 5.49. The first kappa shape index (κ1) is 10.6. The second-order valence-electron chi connectivity index (χ2n) is 4.48. The van der Waals surface area contributed by atoms with Gasteiger partial charge in [0, 0.05) is 12.5 Å². The second-order valence-corrected chi connectivity index (χ2v) is 4.48. The van der Waals surface area contributed by atoms with Gasteiger partial charge in [-0.2, -0.15) is 0 Å². The SMILES string of the molecule is O=C1CC(CO)C(=O)N1C1CCCCC1. The quantitative estimate of drug-likeness (QED) is 0.683. The van der Waals surface area contributed by atoms with Gasteiger partial charge in [-0.05, 0) is 12.8 Å². The molecule has 2 rings (SSSR count). The van der Waals surface area contributed by atoms with Gasteiger partial charge in [-0.1, -0.05) is 19.3 Å². The summed E-state index contributed by atoms with van der Waals surface area (Å²) in [7, 11) is 0. The molecule has 0 aromatic heterocycles. The van der Waals surface area contributed by atoms with Gasteiger partial charge in [0.05, 0.1) is 12.5 Å². The number of carbonyl (C=O) groups is 2. The Morgan fingerprint density at radius 2 is 1.87 bits per heavy atom. The van der Waals surface area contributed by atoms with Gasteiger partial charge in [0.2, 0.25) is 11.8 Å². The molecular formula is C11H17NO3. The minimum Gasteiger partial charge on any atom is -0.396 e. The molecule has 2 amide bonds. The number of aliphatic hydroxyl groups excluding tert-OH is 1. The highest BCUT2D eigenvalue weighted by molar-refractivity contribution is 6.03. The van der Waals surface area contributed by atoms with Crippen molar-refractivity contribution in [3.8, 4) is 0 Å². The molecule has 4 heteroatoms. The molecule has 1 aliphatic heterocycles. The van der Waals surface area contributed by atoms with Crippen LogP contribution in [0, 0.1) is 5.92 Å². The summed E-state index contributed by atoms with van der Waals surface area (Å²) < 4.78 is 0. The third kappa shape index (κ3) is 1.91. The van der Waals surface area contributed by atoms with Crippen molar-refractivity contribution in [2.45, 2.75) is 44.6 Å². The van der Waals surface area contributed by atoms with Crippen molar-refractivity contribution in [1.29, 1.82) is 0 Å².